The van der Waals surface area contributed by atoms with E-state index in [1.165, 1.54) is 0 Å². The van der Waals surface area contributed by atoms with Crippen LogP contribution in [-0.4, -0.2) is 14.9 Å². The second kappa shape index (κ2) is 6.24. The van der Waals surface area contributed by atoms with Crippen LogP contribution in [0.3, 0.4) is 0 Å². The topological polar surface area (TPSA) is 50.1 Å². The van der Waals surface area contributed by atoms with Gasteiger partial charge in [0.25, 0.3) is 0 Å². The van der Waals surface area contributed by atoms with Crippen LogP contribution in [0.25, 0.3) is 5.69 Å². The Morgan fingerprint density at radius 3 is 2.52 bits per heavy atom. The van der Waals surface area contributed by atoms with Gasteiger partial charge in [0.15, 0.2) is 0 Å². The molecule has 21 heavy (non-hydrogen) atoms. The summed E-state index contributed by atoms with van der Waals surface area (Å²) in [6.07, 6.45) is 3.86. The molecule has 4 nitrogen and oxygen atoms in total. The Balaban J connectivity index is 1.60. The van der Waals surface area contributed by atoms with Crippen molar-refractivity contribution in [3.05, 3.63) is 78.1 Å². The number of benzene rings is 2. The van der Waals surface area contributed by atoms with E-state index in [2.05, 4.69) is 10.4 Å². The minimum Gasteiger partial charge on any atom is -0.508 e. The highest BCUT2D eigenvalue weighted by molar-refractivity contribution is 5.32. The smallest absolute Gasteiger partial charge is 0.120 e. The summed E-state index contributed by atoms with van der Waals surface area (Å²) < 4.78 is 1.86. The molecule has 0 amide bonds. The Labute approximate surface area is 123 Å². The highest BCUT2D eigenvalue weighted by atomic mass is 16.3. The molecule has 0 unspecified atom stereocenters. The van der Waals surface area contributed by atoms with Crippen molar-refractivity contribution in [1.29, 1.82) is 0 Å². The summed E-state index contributed by atoms with van der Waals surface area (Å²) in [5, 5.41) is 17.4. The minimum absolute atomic E-state index is 0.324. The summed E-state index contributed by atoms with van der Waals surface area (Å²) in [5.41, 5.74) is 3.05. The van der Waals surface area contributed by atoms with Gasteiger partial charge in [0, 0.05) is 30.4 Å². The molecule has 0 aliphatic rings. The van der Waals surface area contributed by atoms with E-state index in [1.54, 1.807) is 6.07 Å². The Bertz CT molecular complexity index is 707. The fourth-order valence-corrected chi connectivity index (χ4v) is 2.18. The highest BCUT2D eigenvalue weighted by Gasteiger charge is 2.02. The van der Waals surface area contributed by atoms with E-state index in [1.807, 2.05) is 65.6 Å². The first-order valence-corrected chi connectivity index (χ1v) is 6.89. The third-order valence-electron chi connectivity index (χ3n) is 3.29. The molecule has 4 heteroatoms. The van der Waals surface area contributed by atoms with E-state index in [0.717, 1.165) is 16.8 Å². The Morgan fingerprint density at radius 1 is 0.952 bits per heavy atom. The highest BCUT2D eigenvalue weighted by Crippen LogP contribution is 2.15. The van der Waals surface area contributed by atoms with Gasteiger partial charge in [-0.2, -0.15) is 5.10 Å². The molecule has 0 saturated carbocycles. The monoisotopic (exact) mass is 279 g/mol. The predicted octanol–water partition coefficient (Wildman–Crippen LogP) is 2.87. The summed E-state index contributed by atoms with van der Waals surface area (Å²) >= 11 is 0. The van der Waals surface area contributed by atoms with Crippen LogP contribution in [0.4, 0.5) is 0 Å². The standard InChI is InChI=1S/C17H17N3O/c21-17-9-5-4-6-15(17)12-18-10-14-11-19-20(13-14)16-7-2-1-3-8-16/h1-9,11,13,18,21H,10,12H2. The average molecular weight is 279 g/mol. The largest absolute Gasteiger partial charge is 0.508 e. The number of rotatable bonds is 5. The van der Waals surface area contributed by atoms with E-state index in [9.17, 15) is 5.11 Å². The summed E-state index contributed by atoms with van der Waals surface area (Å²) in [7, 11) is 0. The molecule has 3 rings (SSSR count). The summed E-state index contributed by atoms with van der Waals surface area (Å²) in [4.78, 5) is 0. The quantitative estimate of drug-likeness (QED) is 0.755. The van der Waals surface area contributed by atoms with Crippen molar-refractivity contribution in [1.82, 2.24) is 15.1 Å². The molecule has 0 bridgehead atoms. The fourth-order valence-electron chi connectivity index (χ4n) is 2.18. The molecule has 0 aliphatic heterocycles. The molecule has 0 radical (unpaired) electrons. The number of hydrogen-bond acceptors (Lipinski definition) is 3. The van der Waals surface area contributed by atoms with Gasteiger partial charge in [0.1, 0.15) is 5.75 Å². The normalized spacial score (nSPS) is 10.7. The SMILES string of the molecule is Oc1ccccc1CNCc1cnn(-c2ccccc2)c1. The van der Waals surface area contributed by atoms with E-state index in [4.69, 9.17) is 0 Å². The van der Waals surface area contributed by atoms with Crippen LogP contribution < -0.4 is 5.32 Å². The van der Waals surface area contributed by atoms with Crippen LogP contribution >= 0.6 is 0 Å². The number of para-hydroxylation sites is 2. The molecule has 2 aromatic carbocycles. The molecule has 3 aromatic rings. The summed E-state index contributed by atoms with van der Waals surface area (Å²) in [6.45, 7) is 1.34. The lowest BCUT2D eigenvalue weighted by Crippen LogP contribution is -2.12. The number of nitrogens with one attached hydrogen (secondary N) is 1. The molecule has 1 heterocycles. The van der Waals surface area contributed by atoms with Gasteiger partial charge >= 0.3 is 0 Å². The summed E-state index contributed by atoms with van der Waals surface area (Å²) in [6, 6.07) is 17.4. The van der Waals surface area contributed by atoms with Crippen molar-refractivity contribution < 1.29 is 5.11 Å². The predicted molar refractivity (Wildman–Crippen MR) is 82.2 cm³/mol. The molecule has 0 fully saturated rings. The first-order chi connectivity index (χ1) is 10.3. The van der Waals surface area contributed by atoms with E-state index in [0.29, 0.717) is 18.8 Å². The average Bonchev–Trinajstić information content (AvgIpc) is 2.99. The third kappa shape index (κ3) is 3.30. The lowest BCUT2D eigenvalue weighted by Gasteiger charge is -2.05. The van der Waals surface area contributed by atoms with Gasteiger partial charge in [0.05, 0.1) is 11.9 Å². The van der Waals surface area contributed by atoms with Gasteiger partial charge in [-0.1, -0.05) is 36.4 Å². The van der Waals surface area contributed by atoms with E-state index in [-0.39, 0.29) is 0 Å². The lowest BCUT2D eigenvalue weighted by molar-refractivity contribution is 0.464. The van der Waals surface area contributed by atoms with Gasteiger partial charge in [-0.05, 0) is 18.2 Å². The maximum absolute atomic E-state index is 9.70. The fraction of sp³-hybridized carbons (Fsp3) is 0.118. The van der Waals surface area contributed by atoms with Gasteiger partial charge in [-0.15, -0.1) is 0 Å². The molecule has 0 saturated heterocycles. The maximum atomic E-state index is 9.70. The Hall–Kier alpha value is -2.59. The van der Waals surface area contributed by atoms with Crippen molar-refractivity contribution in [3.63, 3.8) is 0 Å². The molecule has 2 N–H and O–H groups in total. The Morgan fingerprint density at radius 2 is 1.71 bits per heavy atom. The molecule has 0 atom stereocenters. The van der Waals surface area contributed by atoms with Crippen LogP contribution in [0, 0.1) is 0 Å². The van der Waals surface area contributed by atoms with Crippen molar-refractivity contribution >= 4 is 0 Å². The lowest BCUT2D eigenvalue weighted by atomic mass is 10.2. The van der Waals surface area contributed by atoms with E-state index < -0.39 is 0 Å². The third-order valence-corrected chi connectivity index (χ3v) is 3.29. The van der Waals surface area contributed by atoms with Crippen LogP contribution in [0.5, 0.6) is 5.75 Å². The zero-order valence-corrected chi connectivity index (χ0v) is 11.6. The molecule has 0 aliphatic carbocycles. The summed E-state index contributed by atoms with van der Waals surface area (Å²) in [5.74, 6) is 0.324. The van der Waals surface area contributed by atoms with Crippen LogP contribution in [0.1, 0.15) is 11.1 Å². The molecule has 0 spiro atoms. The van der Waals surface area contributed by atoms with Gasteiger partial charge in [0.2, 0.25) is 0 Å². The zero-order chi connectivity index (χ0) is 14.5. The van der Waals surface area contributed by atoms with Gasteiger partial charge in [-0.25, -0.2) is 4.68 Å². The Kier molecular flexibility index (Phi) is 3.98. The van der Waals surface area contributed by atoms with Gasteiger partial charge in [-0.3, -0.25) is 0 Å². The number of phenolic OH excluding ortho intramolecular Hbond substituents is 1. The molecular formula is C17H17N3O. The first kappa shape index (κ1) is 13.4. The number of nitrogens with zero attached hydrogens (tertiary/aromatic N) is 2. The van der Waals surface area contributed by atoms with Crippen molar-refractivity contribution in [2.75, 3.05) is 0 Å². The van der Waals surface area contributed by atoms with Crippen LogP contribution in [0.2, 0.25) is 0 Å². The van der Waals surface area contributed by atoms with Crippen LogP contribution in [0.15, 0.2) is 67.0 Å². The first-order valence-electron chi connectivity index (χ1n) is 6.89. The number of hydrogen-bond donors (Lipinski definition) is 2. The van der Waals surface area contributed by atoms with Crippen molar-refractivity contribution in [3.8, 4) is 11.4 Å². The van der Waals surface area contributed by atoms with Gasteiger partial charge < -0.3 is 10.4 Å². The number of aromatic hydroxyl groups is 1. The maximum Gasteiger partial charge on any atom is 0.120 e. The second-order valence-electron chi connectivity index (χ2n) is 4.86. The molecule has 1 aromatic heterocycles. The molecular weight excluding hydrogens is 262 g/mol. The zero-order valence-electron chi connectivity index (χ0n) is 11.6. The van der Waals surface area contributed by atoms with Crippen molar-refractivity contribution in [2.45, 2.75) is 13.1 Å². The molecule has 106 valence electrons. The van der Waals surface area contributed by atoms with E-state index >= 15 is 0 Å². The van der Waals surface area contributed by atoms with Crippen molar-refractivity contribution in [2.24, 2.45) is 0 Å². The minimum atomic E-state index is 0.324. The second-order valence-corrected chi connectivity index (χ2v) is 4.86. The number of aromatic nitrogens is 2. The number of phenols is 1. The van der Waals surface area contributed by atoms with Crippen LogP contribution in [-0.2, 0) is 13.1 Å².